The van der Waals surface area contributed by atoms with Gasteiger partial charge < -0.3 is 15.0 Å². The molecule has 5 heteroatoms. The summed E-state index contributed by atoms with van der Waals surface area (Å²) in [5.74, 6) is 0.573. The fraction of sp³-hybridized carbons (Fsp3) is 0.476. The topological polar surface area (TPSA) is 66.1 Å². The Balaban J connectivity index is 1.87. The molecule has 26 heavy (non-hydrogen) atoms. The van der Waals surface area contributed by atoms with E-state index in [0.717, 1.165) is 50.0 Å². The zero-order chi connectivity index (χ0) is 18.4. The number of amides is 1. The number of benzene rings is 1. The van der Waals surface area contributed by atoms with E-state index >= 15 is 0 Å². The molecule has 2 heterocycles. The Morgan fingerprint density at radius 3 is 2.88 bits per heavy atom. The third kappa shape index (κ3) is 4.28. The second-order valence-corrected chi connectivity index (χ2v) is 6.84. The van der Waals surface area contributed by atoms with Gasteiger partial charge in [-0.3, -0.25) is 5.32 Å². The van der Waals surface area contributed by atoms with Gasteiger partial charge >= 0.3 is 6.09 Å². The number of carbonyl (C=O) groups excluding carboxylic acids is 1. The van der Waals surface area contributed by atoms with Crippen LogP contribution in [0.2, 0.25) is 0 Å². The van der Waals surface area contributed by atoms with E-state index in [4.69, 9.17) is 4.74 Å². The van der Waals surface area contributed by atoms with Gasteiger partial charge in [-0.25, -0.2) is 4.79 Å². The number of aryl methyl sites for hydroxylation is 1. The van der Waals surface area contributed by atoms with Crippen molar-refractivity contribution in [2.75, 3.05) is 25.0 Å². The summed E-state index contributed by atoms with van der Waals surface area (Å²) in [5, 5.41) is 7.52. The Bertz CT molecular complexity index is 773. The molecule has 0 unspecified atom stereocenters. The number of fused-ring (bicyclic) bond motifs is 1. The predicted molar refractivity (Wildman–Crippen MR) is 107 cm³/mol. The highest BCUT2D eigenvalue weighted by Gasteiger charge is 2.22. The molecule has 0 bridgehead atoms. The normalized spacial score (nSPS) is 15.6. The highest BCUT2D eigenvalue weighted by atomic mass is 16.5. The molecule has 0 spiro atoms. The van der Waals surface area contributed by atoms with Gasteiger partial charge in [0.05, 0.1) is 0 Å². The van der Waals surface area contributed by atoms with Gasteiger partial charge in [0, 0.05) is 22.3 Å². The van der Waals surface area contributed by atoms with E-state index in [9.17, 15) is 4.79 Å². The number of ether oxygens (including phenoxy) is 1. The van der Waals surface area contributed by atoms with Crippen molar-refractivity contribution in [1.82, 2.24) is 10.3 Å². The number of nitrogens with one attached hydrogen (secondary N) is 3. The molecule has 0 radical (unpaired) electrons. The van der Waals surface area contributed by atoms with Crippen LogP contribution in [0.1, 0.15) is 50.3 Å². The predicted octanol–water partition coefficient (Wildman–Crippen LogP) is 4.71. The molecule has 1 aliphatic heterocycles. The highest BCUT2D eigenvalue weighted by molar-refractivity contribution is 5.92. The van der Waals surface area contributed by atoms with Crippen molar-refractivity contribution in [2.24, 2.45) is 0 Å². The van der Waals surface area contributed by atoms with Crippen LogP contribution in [0.4, 0.5) is 10.5 Å². The third-order valence-electron chi connectivity index (χ3n) is 4.96. The number of H-pyrrole nitrogens is 1. The lowest BCUT2D eigenvalue weighted by molar-refractivity contribution is 0.174. The third-order valence-corrected chi connectivity index (χ3v) is 4.96. The van der Waals surface area contributed by atoms with Gasteiger partial charge in [0.25, 0.3) is 0 Å². The van der Waals surface area contributed by atoms with E-state index in [-0.39, 0.29) is 6.61 Å². The zero-order valence-electron chi connectivity index (χ0n) is 15.7. The van der Waals surface area contributed by atoms with Crippen LogP contribution in [0.25, 0.3) is 10.9 Å². The summed E-state index contributed by atoms with van der Waals surface area (Å²) < 4.78 is 5.14. The van der Waals surface area contributed by atoms with Crippen LogP contribution in [0.5, 0.6) is 0 Å². The van der Waals surface area contributed by atoms with Gasteiger partial charge in [-0.15, -0.1) is 0 Å². The molecule has 1 aliphatic rings. The Morgan fingerprint density at radius 2 is 2.15 bits per heavy atom. The van der Waals surface area contributed by atoms with Crippen LogP contribution in [-0.2, 0) is 11.2 Å². The molecule has 3 N–H and O–H groups in total. The average Bonchev–Trinajstić information content (AvgIpc) is 3.00. The minimum absolute atomic E-state index is 0.287. The van der Waals surface area contributed by atoms with Gasteiger partial charge in [0.2, 0.25) is 0 Å². The maximum Gasteiger partial charge on any atom is 0.411 e. The molecular formula is C21H29N3O2. The number of aromatic amines is 1. The molecule has 0 aliphatic carbocycles. The summed E-state index contributed by atoms with van der Waals surface area (Å²) >= 11 is 0. The minimum atomic E-state index is -0.421. The van der Waals surface area contributed by atoms with Crippen LogP contribution in [-0.4, -0.2) is 30.8 Å². The van der Waals surface area contributed by atoms with Crippen molar-refractivity contribution < 1.29 is 9.53 Å². The number of rotatable bonds is 6. The molecular weight excluding hydrogens is 326 g/mol. The number of carbonyl (C=O) groups is 1. The molecule has 1 amide bonds. The minimum Gasteiger partial charge on any atom is -0.445 e. The molecule has 2 aromatic rings. The lowest BCUT2D eigenvalue weighted by atomic mass is 9.87. The van der Waals surface area contributed by atoms with Crippen molar-refractivity contribution in [3.8, 4) is 0 Å². The van der Waals surface area contributed by atoms with Gasteiger partial charge in [0.1, 0.15) is 6.61 Å². The first-order valence-electron chi connectivity index (χ1n) is 9.63. The Hall–Kier alpha value is -2.27. The number of allylic oxidation sites excluding steroid dienone is 1. The fourth-order valence-electron chi connectivity index (χ4n) is 3.74. The number of anilines is 1. The van der Waals surface area contributed by atoms with Crippen molar-refractivity contribution in [3.05, 3.63) is 41.6 Å². The summed E-state index contributed by atoms with van der Waals surface area (Å²) in [7, 11) is 0. The van der Waals surface area contributed by atoms with E-state index in [0.29, 0.717) is 5.92 Å². The molecule has 140 valence electrons. The van der Waals surface area contributed by atoms with Crippen molar-refractivity contribution in [1.29, 1.82) is 0 Å². The summed E-state index contributed by atoms with van der Waals surface area (Å²) in [4.78, 5) is 15.5. The number of hydrogen-bond acceptors (Lipinski definition) is 3. The van der Waals surface area contributed by atoms with Gasteiger partial charge in [-0.2, -0.15) is 0 Å². The SMILES string of the molecule is CC=CCOC(=O)Nc1ccc2[nH]c(CCC)c(C3CCNCC3)c2c1. The average molecular weight is 355 g/mol. The molecule has 1 fully saturated rings. The molecule has 1 saturated heterocycles. The Morgan fingerprint density at radius 1 is 1.35 bits per heavy atom. The van der Waals surface area contributed by atoms with Crippen molar-refractivity contribution in [3.63, 3.8) is 0 Å². The smallest absolute Gasteiger partial charge is 0.411 e. The lowest BCUT2D eigenvalue weighted by Crippen LogP contribution is -2.27. The van der Waals surface area contributed by atoms with E-state index in [1.165, 1.54) is 16.6 Å². The standard InChI is InChI=1S/C21H29N3O2/c1-3-5-13-26-21(25)23-16-7-8-18-17(14-16)20(19(24-18)6-4-2)15-9-11-22-12-10-15/h3,5,7-8,14-15,22,24H,4,6,9-13H2,1-2H3,(H,23,25). The quantitative estimate of drug-likeness (QED) is 0.657. The van der Waals surface area contributed by atoms with Crippen LogP contribution in [0.15, 0.2) is 30.4 Å². The first-order chi connectivity index (χ1) is 12.7. The first kappa shape index (κ1) is 18.5. The monoisotopic (exact) mass is 355 g/mol. The number of piperidine rings is 1. The second kappa shape index (κ2) is 8.90. The zero-order valence-corrected chi connectivity index (χ0v) is 15.7. The number of hydrogen-bond donors (Lipinski definition) is 3. The van der Waals surface area contributed by atoms with Crippen LogP contribution < -0.4 is 10.6 Å². The summed E-state index contributed by atoms with van der Waals surface area (Å²) in [6.45, 7) is 6.54. The molecule has 1 aromatic heterocycles. The number of aromatic nitrogens is 1. The van der Waals surface area contributed by atoms with E-state index in [1.54, 1.807) is 6.08 Å². The lowest BCUT2D eigenvalue weighted by Gasteiger charge is -2.24. The summed E-state index contributed by atoms with van der Waals surface area (Å²) in [6, 6.07) is 6.07. The molecule has 1 aromatic carbocycles. The molecule has 5 nitrogen and oxygen atoms in total. The van der Waals surface area contributed by atoms with Crippen molar-refractivity contribution in [2.45, 2.75) is 45.4 Å². The fourth-order valence-corrected chi connectivity index (χ4v) is 3.74. The first-order valence-corrected chi connectivity index (χ1v) is 9.63. The van der Waals surface area contributed by atoms with Crippen LogP contribution in [0.3, 0.4) is 0 Å². The van der Waals surface area contributed by atoms with Crippen LogP contribution in [0, 0.1) is 0 Å². The van der Waals surface area contributed by atoms with Crippen molar-refractivity contribution >= 4 is 22.7 Å². The van der Waals surface area contributed by atoms with E-state index in [2.05, 4.69) is 34.7 Å². The molecule has 0 atom stereocenters. The summed E-state index contributed by atoms with van der Waals surface area (Å²) in [6.07, 6.45) is 7.74. The van der Waals surface area contributed by atoms with Gasteiger partial charge in [-0.05, 0) is 69.0 Å². The van der Waals surface area contributed by atoms with Crippen LogP contribution >= 0.6 is 0 Å². The highest BCUT2D eigenvalue weighted by Crippen LogP contribution is 2.36. The van der Waals surface area contributed by atoms with E-state index in [1.807, 2.05) is 19.1 Å². The van der Waals surface area contributed by atoms with E-state index < -0.39 is 6.09 Å². The second-order valence-electron chi connectivity index (χ2n) is 6.84. The maximum atomic E-state index is 11.9. The largest absolute Gasteiger partial charge is 0.445 e. The Labute approximate surface area is 155 Å². The Kier molecular flexibility index (Phi) is 6.34. The molecule has 0 saturated carbocycles. The maximum absolute atomic E-state index is 11.9. The van der Waals surface area contributed by atoms with Gasteiger partial charge in [-0.1, -0.05) is 25.5 Å². The molecule has 3 rings (SSSR count). The summed E-state index contributed by atoms with van der Waals surface area (Å²) in [5.41, 5.74) is 4.71. The van der Waals surface area contributed by atoms with Gasteiger partial charge in [0.15, 0.2) is 0 Å².